The van der Waals surface area contributed by atoms with Crippen molar-refractivity contribution in [1.29, 1.82) is 0 Å². The lowest BCUT2D eigenvalue weighted by atomic mass is 9.98. The second-order valence-electron chi connectivity index (χ2n) is 7.85. The Hall–Kier alpha value is -3.52. The first kappa shape index (κ1) is 25.6. The minimum absolute atomic E-state index is 0.0576. The molecule has 0 bridgehead atoms. The van der Waals surface area contributed by atoms with Crippen molar-refractivity contribution in [2.75, 3.05) is 10.6 Å². The molecule has 0 saturated carbocycles. The van der Waals surface area contributed by atoms with E-state index in [-0.39, 0.29) is 22.1 Å². The van der Waals surface area contributed by atoms with E-state index in [0.717, 1.165) is 4.90 Å². The van der Waals surface area contributed by atoms with Crippen LogP contribution < -0.4 is 10.6 Å². The summed E-state index contributed by atoms with van der Waals surface area (Å²) in [6.07, 6.45) is 0. The maximum Gasteiger partial charge on any atom is 0.336 e. The van der Waals surface area contributed by atoms with Gasteiger partial charge in [-0.2, -0.15) is 0 Å². The van der Waals surface area contributed by atoms with Crippen molar-refractivity contribution in [3.8, 4) is 0 Å². The molecule has 1 atom stereocenters. The van der Waals surface area contributed by atoms with Gasteiger partial charge in [-0.05, 0) is 54.8 Å². The molecule has 0 fully saturated rings. The molecule has 1 unspecified atom stereocenters. The molecule has 182 valence electrons. The van der Waals surface area contributed by atoms with Crippen LogP contribution >= 0.6 is 35.0 Å². The highest BCUT2D eigenvalue weighted by Crippen LogP contribution is 2.32. The van der Waals surface area contributed by atoms with Crippen LogP contribution in [0.25, 0.3) is 10.8 Å². The number of thioether (sulfide) groups is 1. The summed E-state index contributed by atoms with van der Waals surface area (Å²) in [6.45, 7) is 1.76. The molecular weight excluding hydrogens is 519 g/mol. The van der Waals surface area contributed by atoms with Gasteiger partial charge in [-0.15, -0.1) is 11.8 Å². The number of halogens is 2. The van der Waals surface area contributed by atoms with Crippen molar-refractivity contribution in [1.82, 2.24) is 0 Å². The maximum absolute atomic E-state index is 13.1. The summed E-state index contributed by atoms with van der Waals surface area (Å²) in [7, 11) is 0. The van der Waals surface area contributed by atoms with E-state index in [9.17, 15) is 19.5 Å². The number of hydrogen-bond donors (Lipinski definition) is 3. The van der Waals surface area contributed by atoms with Crippen molar-refractivity contribution in [2.24, 2.45) is 0 Å². The summed E-state index contributed by atoms with van der Waals surface area (Å²) in [4.78, 5) is 38.3. The molecule has 4 rings (SSSR count). The van der Waals surface area contributed by atoms with E-state index in [1.165, 1.54) is 17.8 Å². The molecule has 0 spiro atoms. The van der Waals surface area contributed by atoms with E-state index in [4.69, 9.17) is 23.2 Å². The van der Waals surface area contributed by atoms with Gasteiger partial charge in [0.2, 0.25) is 5.91 Å². The number of benzene rings is 4. The highest BCUT2D eigenvalue weighted by Gasteiger charge is 2.19. The summed E-state index contributed by atoms with van der Waals surface area (Å²) < 4.78 is 0. The van der Waals surface area contributed by atoms with Gasteiger partial charge in [0.1, 0.15) is 0 Å². The van der Waals surface area contributed by atoms with Gasteiger partial charge in [0.15, 0.2) is 0 Å². The van der Waals surface area contributed by atoms with Crippen LogP contribution in [-0.4, -0.2) is 28.1 Å². The van der Waals surface area contributed by atoms with Crippen LogP contribution in [0.5, 0.6) is 0 Å². The van der Waals surface area contributed by atoms with Crippen LogP contribution in [0.3, 0.4) is 0 Å². The number of carbonyl (C=O) groups excluding carboxylic acids is 2. The molecule has 0 aromatic heterocycles. The predicted octanol–water partition coefficient (Wildman–Crippen LogP) is 7.22. The van der Waals surface area contributed by atoms with Gasteiger partial charge >= 0.3 is 5.97 Å². The summed E-state index contributed by atoms with van der Waals surface area (Å²) in [5, 5.41) is 16.4. The monoisotopic (exact) mass is 538 g/mol. The zero-order chi connectivity index (χ0) is 25.8. The van der Waals surface area contributed by atoms with E-state index in [1.807, 2.05) is 6.07 Å². The van der Waals surface area contributed by atoms with Crippen LogP contribution in [0.15, 0.2) is 83.8 Å². The Labute approximate surface area is 221 Å². The average Bonchev–Trinajstić information content (AvgIpc) is 2.86. The summed E-state index contributed by atoms with van der Waals surface area (Å²) in [5.41, 5.74) is 1.26. The Balaban J connectivity index is 1.50. The van der Waals surface area contributed by atoms with Crippen LogP contribution in [0.4, 0.5) is 11.4 Å². The van der Waals surface area contributed by atoms with E-state index in [2.05, 4.69) is 10.6 Å². The Morgan fingerprint density at radius 3 is 2.25 bits per heavy atom. The van der Waals surface area contributed by atoms with Gasteiger partial charge < -0.3 is 15.7 Å². The van der Waals surface area contributed by atoms with Crippen molar-refractivity contribution in [3.63, 3.8) is 0 Å². The molecule has 36 heavy (non-hydrogen) atoms. The molecule has 0 radical (unpaired) electrons. The molecule has 6 nitrogen and oxygen atoms in total. The lowest BCUT2D eigenvalue weighted by Crippen LogP contribution is -2.22. The third kappa shape index (κ3) is 5.65. The summed E-state index contributed by atoms with van der Waals surface area (Å²) in [5.74, 6) is -1.79. The number of carbonyl (C=O) groups is 3. The number of anilines is 2. The number of hydrogen-bond acceptors (Lipinski definition) is 4. The largest absolute Gasteiger partial charge is 0.478 e. The van der Waals surface area contributed by atoms with Crippen molar-refractivity contribution in [3.05, 3.63) is 100 Å². The quantitative estimate of drug-likeness (QED) is 0.216. The van der Waals surface area contributed by atoms with E-state index in [0.29, 0.717) is 27.2 Å². The first-order valence-electron chi connectivity index (χ1n) is 10.8. The second-order valence-corrected chi connectivity index (χ2v) is 10.0. The van der Waals surface area contributed by atoms with E-state index < -0.39 is 17.1 Å². The van der Waals surface area contributed by atoms with Gasteiger partial charge in [-0.25, -0.2) is 4.79 Å². The number of nitrogens with one attached hydrogen (secondary N) is 2. The van der Waals surface area contributed by atoms with Gasteiger partial charge in [-0.3, -0.25) is 9.59 Å². The fraction of sp³-hybridized carbons (Fsp3) is 0.0741. The smallest absolute Gasteiger partial charge is 0.336 e. The van der Waals surface area contributed by atoms with E-state index >= 15 is 0 Å². The minimum Gasteiger partial charge on any atom is -0.478 e. The molecule has 0 heterocycles. The van der Waals surface area contributed by atoms with Crippen LogP contribution in [0.2, 0.25) is 10.0 Å². The van der Waals surface area contributed by atoms with E-state index in [1.54, 1.807) is 73.7 Å². The number of amides is 2. The van der Waals surface area contributed by atoms with Crippen molar-refractivity contribution in [2.45, 2.75) is 17.1 Å². The maximum atomic E-state index is 13.1. The molecule has 0 aliphatic carbocycles. The summed E-state index contributed by atoms with van der Waals surface area (Å²) >= 11 is 13.5. The Morgan fingerprint density at radius 1 is 0.861 bits per heavy atom. The van der Waals surface area contributed by atoms with Crippen molar-refractivity contribution >= 4 is 74.9 Å². The molecule has 0 aliphatic rings. The highest BCUT2D eigenvalue weighted by molar-refractivity contribution is 8.00. The molecular formula is C27H20Cl2N2O4S. The number of aromatic carboxylic acids is 1. The topological polar surface area (TPSA) is 95.5 Å². The Bertz CT molecular complexity index is 1490. The van der Waals surface area contributed by atoms with Gasteiger partial charge in [-0.1, -0.05) is 59.6 Å². The normalized spacial score (nSPS) is 11.6. The Morgan fingerprint density at radius 2 is 1.53 bits per heavy atom. The highest BCUT2D eigenvalue weighted by atomic mass is 35.5. The fourth-order valence-electron chi connectivity index (χ4n) is 3.65. The molecule has 9 heteroatoms. The van der Waals surface area contributed by atoms with Crippen LogP contribution in [-0.2, 0) is 4.79 Å². The average molecular weight is 539 g/mol. The minimum atomic E-state index is -1.11. The number of fused-ring (bicyclic) bond motifs is 1. The zero-order valence-electron chi connectivity index (χ0n) is 18.9. The Kier molecular flexibility index (Phi) is 7.84. The van der Waals surface area contributed by atoms with Gasteiger partial charge in [0.25, 0.3) is 5.91 Å². The number of carboxylic acid groups (broad SMARTS) is 1. The zero-order valence-corrected chi connectivity index (χ0v) is 21.2. The molecule has 0 saturated heterocycles. The second kappa shape index (κ2) is 11.0. The SMILES string of the molecule is CC(Sc1cccc(NC(=O)c2cccc3cccc(C(=O)O)c23)c1)C(=O)Nc1cccc(Cl)c1Cl. The molecule has 4 aromatic rings. The predicted molar refractivity (Wildman–Crippen MR) is 146 cm³/mol. The molecule has 4 aromatic carbocycles. The van der Waals surface area contributed by atoms with Gasteiger partial charge in [0, 0.05) is 21.5 Å². The molecule has 2 amide bonds. The van der Waals surface area contributed by atoms with Crippen molar-refractivity contribution < 1.29 is 19.5 Å². The number of carboxylic acids is 1. The third-order valence-electron chi connectivity index (χ3n) is 5.36. The number of rotatable bonds is 7. The molecule has 0 aliphatic heterocycles. The third-order valence-corrected chi connectivity index (χ3v) is 7.28. The van der Waals surface area contributed by atoms with Gasteiger partial charge in [0.05, 0.1) is 26.5 Å². The van der Waals surface area contributed by atoms with Crippen LogP contribution in [0.1, 0.15) is 27.6 Å². The lowest BCUT2D eigenvalue weighted by molar-refractivity contribution is -0.115. The fourth-order valence-corrected chi connectivity index (χ4v) is 4.92. The summed E-state index contributed by atoms with van der Waals surface area (Å²) in [6, 6.07) is 22.0. The standard InChI is InChI=1S/C27H20Cl2N2O4S/c1-15(25(32)31-22-13-5-12-21(28)24(22)29)36-18-9-4-8-17(14-18)30-26(33)19-10-2-6-16-7-3-11-20(23(16)19)27(34)35/h2-15H,1H3,(H,30,33)(H,31,32)(H,34,35). The first-order valence-corrected chi connectivity index (χ1v) is 12.5. The lowest BCUT2D eigenvalue weighted by Gasteiger charge is -2.14. The first-order chi connectivity index (χ1) is 17.2. The molecule has 3 N–H and O–H groups in total. The van der Waals surface area contributed by atoms with Crippen LogP contribution in [0, 0.1) is 0 Å².